The second-order valence-electron chi connectivity index (χ2n) is 5.51. The molecular weight excluding hydrogens is 281 g/mol. The molecular formula is C18H18FNO2. The van der Waals surface area contributed by atoms with E-state index in [-0.39, 0.29) is 11.8 Å². The quantitative estimate of drug-likeness (QED) is 0.945. The van der Waals surface area contributed by atoms with E-state index in [1.165, 1.54) is 0 Å². The number of amides is 1. The number of carbonyl (C=O) groups is 1. The van der Waals surface area contributed by atoms with Crippen LogP contribution in [0.1, 0.15) is 33.0 Å². The summed E-state index contributed by atoms with van der Waals surface area (Å²) in [4.78, 5) is 12.1. The van der Waals surface area contributed by atoms with Gasteiger partial charge in [-0.25, -0.2) is 4.39 Å². The average Bonchev–Trinajstić information content (AvgIpc) is 2.92. The van der Waals surface area contributed by atoms with Crippen molar-refractivity contribution in [3.05, 3.63) is 64.7 Å². The third-order valence-electron chi connectivity index (χ3n) is 4.02. The number of hydrogen-bond acceptors (Lipinski definition) is 2. The van der Waals surface area contributed by atoms with Gasteiger partial charge in [-0.05, 0) is 24.1 Å². The highest BCUT2D eigenvalue weighted by Gasteiger charge is 2.38. The molecule has 4 heteroatoms. The molecule has 22 heavy (non-hydrogen) atoms. The monoisotopic (exact) mass is 299 g/mol. The SMILES string of the molecule is CNC(=O)c1cc(C)cc2c1O[C@@H](CF)C2c1ccccc1. The minimum Gasteiger partial charge on any atom is -0.486 e. The molecule has 0 saturated carbocycles. The van der Waals surface area contributed by atoms with Crippen molar-refractivity contribution in [1.82, 2.24) is 5.32 Å². The van der Waals surface area contributed by atoms with Crippen LogP contribution >= 0.6 is 0 Å². The highest BCUT2D eigenvalue weighted by Crippen LogP contribution is 2.45. The zero-order valence-corrected chi connectivity index (χ0v) is 12.6. The second-order valence-corrected chi connectivity index (χ2v) is 5.51. The molecule has 114 valence electrons. The number of nitrogens with one attached hydrogen (secondary N) is 1. The number of ether oxygens (including phenoxy) is 1. The Labute approximate surface area is 129 Å². The minimum absolute atomic E-state index is 0.190. The molecule has 1 aliphatic rings. The molecule has 3 nitrogen and oxygen atoms in total. The van der Waals surface area contributed by atoms with Gasteiger partial charge >= 0.3 is 0 Å². The molecule has 0 spiro atoms. The number of carbonyl (C=O) groups excluding carboxylic acids is 1. The maximum Gasteiger partial charge on any atom is 0.254 e. The van der Waals surface area contributed by atoms with Gasteiger partial charge in [-0.1, -0.05) is 36.4 Å². The predicted molar refractivity (Wildman–Crippen MR) is 83.2 cm³/mol. The largest absolute Gasteiger partial charge is 0.486 e. The molecule has 0 radical (unpaired) electrons. The molecule has 1 aliphatic heterocycles. The van der Waals surface area contributed by atoms with Crippen molar-refractivity contribution >= 4 is 5.91 Å². The van der Waals surface area contributed by atoms with Crippen LogP contribution in [0.25, 0.3) is 0 Å². The summed E-state index contributed by atoms with van der Waals surface area (Å²) in [7, 11) is 1.58. The van der Waals surface area contributed by atoms with Crippen LogP contribution in [-0.2, 0) is 0 Å². The Kier molecular flexibility index (Phi) is 3.84. The van der Waals surface area contributed by atoms with E-state index in [2.05, 4.69) is 5.32 Å². The Morgan fingerprint density at radius 1 is 1.27 bits per heavy atom. The molecule has 1 amide bonds. The number of alkyl halides is 1. The summed E-state index contributed by atoms with van der Waals surface area (Å²) in [6, 6.07) is 13.5. The number of hydrogen-bond donors (Lipinski definition) is 1. The van der Waals surface area contributed by atoms with Crippen LogP contribution in [0.2, 0.25) is 0 Å². The summed E-state index contributed by atoms with van der Waals surface area (Å²) in [6.45, 7) is 1.33. The molecule has 0 aliphatic carbocycles. The molecule has 1 N–H and O–H groups in total. The van der Waals surface area contributed by atoms with Gasteiger partial charge in [-0.15, -0.1) is 0 Å². The lowest BCUT2D eigenvalue weighted by Crippen LogP contribution is -2.22. The maximum atomic E-state index is 13.5. The fourth-order valence-corrected chi connectivity index (χ4v) is 3.06. The lowest BCUT2D eigenvalue weighted by molar-refractivity contribution is 0.0955. The Hall–Kier alpha value is -2.36. The zero-order chi connectivity index (χ0) is 15.7. The molecule has 0 aromatic heterocycles. The summed E-state index contributed by atoms with van der Waals surface area (Å²) in [5, 5.41) is 2.61. The van der Waals surface area contributed by atoms with E-state index in [1.54, 1.807) is 13.1 Å². The van der Waals surface area contributed by atoms with Crippen LogP contribution in [0, 0.1) is 6.92 Å². The van der Waals surface area contributed by atoms with E-state index in [1.807, 2.05) is 43.3 Å². The van der Waals surface area contributed by atoms with Gasteiger partial charge in [0.25, 0.3) is 5.91 Å². The lowest BCUT2D eigenvalue weighted by Gasteiger charge is -2.16. The first-order valence-electron chi connectivity index (χ1n) is 7.30. The normalized spacial score (nSPS) is 19.4. The molecule has 2 atom stereocenters. The Balaban J connectivity index is 2.16. The Morgan fingerprint density at radius 3 is 2.64 bits per heavy atom. The molecule has 0 saturated heterocycles. The highest BCUT2D eigenvalue weighted by atomic mass is 19.1. The third-order valence-corrected chi connectivity index (χ3v) is 4.02. The molecule has 2 aromatic carbocycles. The van der Waals surface area contributed by atoms with Gasteiger partial charge in [0.1, 0.15) is 18.5 Å². The first-order chi connectivity index (χ1) is 10.7. The zero-order valence-electron chi connectivity index (χ0n) is 12.6. The number of rotatable bonds is 3. The van der Waals surface area contributed by atoms with Gasteiger partial charge < -0.3 is 10.1 Å². The van der Waals surface area contributed by atoms with E-state index >= 15 is 0 Å². The predicted octanol–water partition coefficient (Wildman–Crippen LogP) is 3.22. The van der Waals surface area contributed by atoms with Crippen molar-refractivity contribution in [2.45, 2.75) is 18.9 Å². The summed E-state index contributed by atoms with van der Waals surface area (Å²) in [5.41, 5.74) is 3.31. The number of benzene rings is 2. The van der Waals surface area contributed by atoms with Crippen molar-refractivity contribution in [3.63, 3.8) is 0 Å². The molecule has 0 bridgehead atoms. The highest BCUT2D eigenvalue weighted by molar-refractivity contribution is 5.97. The standard InChI is InChI=1S/C18H18FNO2/c1-11-8-13-16(12-6-4-3-5-7-12)15(10-19)22-17(13)14(9-11)18(21)20-2/h3-9,15-16H,10H2,1-2H3,(H,20,21)/t15-,16?/m0/s1. The van der Waals surface area contributed by atoms with Crippen molar-refractivity contribution in [2.75, 3.05) is 13.7 Å². The Bertz CT molecular complexity index is 700. The molecule has 3 rings (SSSR count). The van der Waals surface area contributed by atoms with Crippen LogP contribution < -0.4 is 10.1 Å². The molecule has 1 unspecified atom stereocenters. The fourth-order valence-electron chi connectivity index (χ4n) is 3.06. The van der Waals surface area contributed by atoms with Crippen molar-refractivity contribution in [2.24, 2.45) is 0 Å². The van der Waals surface area contributed by atoms with Crippen LogP contribution in [0.15, 0.2) is 42.5 Å². The van der Waals surface area contributed by atoms with Crippen LogP contribution in [0.5, 0.6) is 5.75 Å². The van der Waals surface area contributed by atoms with Crippen LogP contribution in [-0.4, -0.2) is 25.7 Å². The summed E-state index contributed by atoms with van der Waals surface area (Å²) in [6.07, 6.45) is -0.595. The third kappa shape index (κ3) is 2.34. The second kappa shape index (κ2) is 5.79. The van der Waals surface area contributed by atoms with Gasteiger partial charge in [0.05, 0.1) is 11.5 Å². The first-order valence-corrected chi connectivity index (χ1v) is 7.30. The first kappa shape index (κ1) is 14.6. The van der Waals surface area contributed by atoms with Crippen molar-refractivity contribution < 1.29 is 13.9 Å². The minimum atomic E-state index is -0.597. The lowest BCUT2D eigenvalue weighted by atomic mass is 9.87. The van der Waals surface area contributed by atoms with E-state index in [9.17, 15) is 9.18 Å². The fraction of sp³-hybridized carbons (Fsp3) is 0.278. The van der Waals surface area contributed by atoms with Gasteiger partial charge in [0.2, 0.25) is 0 Å². The van der Waals surface area contributed by atoms with E-state index < -0.39 is 12.8 Å². The molecule has 1 heterocycles. The molecule has 0 fully saturated rings. The Morgan fingerprint density at radius 2 is 2.00 bits per heavy atom. The van der Waals surface area contributed by atoms with Gasteiger partial charge in [-0.3, -0.25) is 4.79 Å². The summed E-state index contributed by atoms with van der Waals surface area (Å²) >= 11 is 0. The van der Waals surface area contributed by atoms with Gasteiger partial charge in [0, 0.05) is 12.6 Å². The summed E-state index contributed by atoms with van der Waals surface area (Å²) in [5.74, 6) is 0.0947. The number of fused-ring (bicyclic) bond motifs is 1. The van der Waals surface area contributed by atoms with E-state index in [0.717, 1.165) is 16.7 Å². The summed E-state index contributed by atoms with van der Waals surface area (Å²) < 4.78 is 19.3. The van der Waals surface area contributed by atoms with E-state index in [0.29, 0.717) is 11.3 Å². The van der Waals surface area contributed by atoms with Crippen LogP contribution in [0.4, 0.5) is 4.39 Å². The smallest absolute Gasteiger partial charge is 0.254 e. The van der Waals surface area contributed by atoms with Gasteiger partial charge in [0.15, 0.2) is 0 Å². The van der Waals surface area contributed by atoms with Gasteiger partial charge in [-0.2, -0.15) is 0 Å². The molecule has 2 aromatic rings. The van der Waals surface area contributed by atoms with Crippen molar-refractivity contribution in [3.8, 4) is 5.75 Å². The number of aryl methyl sites for hydroxylation is 1. The van der Waals surface area contributed by atoms with Crippen LogP contribution in [0.3, 0.4) is 0 Å². The topological polar surface area (TPSA) is 38.3 Å². The number of halogens is 1. The average molecular weight is 299 g/mol. The van der Waals surface area contributed by atoms with E-state index in [4.69, 9.17) is 4.74 Å². The van der Waals surface area contributed by atoms with Crippen molar-refractivity contribution in [1.29, 1.82) is 0 Å². The maximum absolute atomic E-state index is 13.5.